The SMILES string of the molecule is CCCCOc1c(CNC(=O)OC(C)(C)C)n(CC(C)C)c(=O)c2ccc(-n3ccnn3)cc12. The maximum absolute atomic E-state index is 13.6. The van der Waals surface area contributed by atoms with Gasteiger partial charge in [-0.2, -0.15) is 0 Å². The highest BCUT2D eigenvalue weighted by Gasteiger charge is 2.22. The number of hydrogen-bond acceptors (Lipinski definition) is 6. The number of unbranched alkanes of at least 4 members (excludes halogenated alkanes) is 1. The molecule has 0 spiro atoms. The van der Waals surface area contributed by atoms with Gasteiger partial charge in [0.1, 0.15) is 11.4 Å². The summed E-state index contributed by atoms with van der Waals surface area (Å²) in [6.45, 7) is 12.7. The predicted molar refractivity (Wildman–Crippen MR) is 131 cm³/mol. The number of nitrogens with zero attached hydrogens (tertiary/aromatic N) is 4. The van der Waals surface area contributed by atoms with E-state index in [9.17, 15) is 9.59 Å². The number of rotatable bonds is 9. The van der Waals surface area contributed by atoms with Crippen molar-refractivity contribution >= 4 is 16.9 Å². The molecule has 0 unspecified atom stereocenters. The van der Waals surface area contributed by atoms with Gasteiger partial charge in [-0.15, -0.1) is 5.10 Å². The molecule has 3 rings (SSSR count). The molecule has 0 saturated carbocycles. The molecule has 9 heteroatoms. The minimum atomic E-state index is -0.627. The molecule has 0 fully saturated rings. The van der Waals surface area contributed by atoms with E-state index in [-0.39, 0.29) is 18.0 Å². The summed E-state index contributed by atoms with van der Waals surface area (Å²) >= 11 is 0. The van der Waals surface area contributed by atoms with E-state index in [4.69, 9.17) is 9.47 Å². The van der Waals surface area contributed by atoms with Gasteiger partial charge in [0, 0.05) is 11.9 Å². The zero-order valence-corrected chi connectivity index (χ0v) is 20.9. The van der Waals surface area contributed by atoms with E-state index in [1.54, 1.807) is 27.7 Å². The van der Waals surface area contributed by atoms with E-state index in [0.29, 0.717) is 35.4 Å². The van der Waals surface area contributed by atoms with Gasteiger partial charge in [0.15, 0.2) is 0 Å². The summed E-state index contributed by atoms with van der Waals surface area (Å²) in [5.41, 5.74) is 0.622. The van der Waals surface area contributed by atoms with E-state index in [2.05, 4.69) is 22.6 Å². The highest BCUT2D eigenvalue weighted by molar-refractivity contribution is 5.90. The van der Waals surface area contributed by atoms with Crippen LogP contribution < -0.4 is 15.6 Å². The Morgan fingerprint density at radius 2 is 1.97 bits per heavy atom. The van der Waals surface area contributed by atoms with Gasteiger partial charge in [0.25, 0.3) is 5.56 Å². The highest BCUT2D eigenvalue weighted by Crippen LogP contribution is 2.30. The molecule has 1 N–H and O–H groups in total. The standard InChI is InChI=1S/C25H35N5O4/c1-7-8-13-33-22-20-14-18(30-12-11-27-28-30)9-10-19(20)23(31)29(16-17(2)3)21(22)15-26-24(32)34-25(4,5)6/h9-12,14,17H,7-8,13,15-16H2,1-6H3,(H,26,32). The third-order valence-corrected chi connectivity index (χ3v) is 5.09. The van der Waals surface area contributed by atoms with E-state index < -0.39 is 11.7 Å². The van der Waals surface area contributed by atoms with E-state index in [1.165, 1.54) is 0 Å². The number of fused-ring (bicyclic) bond motifs is 1. The fourth-order valence-corrected chi connectivity index (χ4v) is 3.62. The monoisotopic (exact) mass is 469 g/mol. The molecule has 184 valence electrons. The van der Waals surface area contributed by atoms with Crippen molar-refractivity contribution in [3.8, 4) is 11.4 Å². The topological polar surface area (TPSA) is 100 Å². The Morgan fingerprint density at radius 3 is 2.59 bits per heavy atom. The van der Waals surface area contributed by atoms with Crippen LogP contribution in [0.2, 0.25) is 0 Å². The smallest absolute Gasteiger partial charge is 0.407 e. The highest BCUT2D eigenvalue weighted by atomic mass is 16.6. The lowest BCUT2D eigenvalue weighted by Gasteiger charge is -2.23. The number of nitrogens with one attached hydrogen (secondary N) is 1. The van der Waals surface area contributed by atoms with Gasteiger partial charge in [-0.3, -0.25) is 4.79 Å². The number of alkyl carbamates (subject to hydrolysis) is 1. The van der Waals surface area contributed by atoms with Crippen molar-refractivity contribution in [2.24, 2.45) is 5.92 Å². The molecule has 2 aromatic heterocycles. The lowest BCUT2D eigenvalue weighted by Crippen LogP contribution is -2.35. The van der Waals surface area contributed by atoms with Crippen LogP contribution in [0.5, 0.6) is 5.75 Å². The number of hydrogen-bond donors (Lipinski definition) is 1. The van der Waals surface area contributed by atoms with Crippen molar-refractivity contribution in [3.63, 3.8) is 0 Å². The van der Waals surface area contributed by atoms with Crippen molar-refractivity contribution < 1.29 is 14.3 Å². The maximum atomic E-state index is 13.6. The zero-order chi connectivity index (χ0) is 24.9. The average Bonchev–Trinajstić information content (AvgIpc) is 3.29. The predicted octanol–water partition coefficient (Wildman–Crippen LogP) is 4.44. The number of amides is 1. The maximum Gasteiger partial charge on any atom is 0.407 e. The number of ether oxygens (including phenoxy) is 2. The van der Waals surface area contributed by atoms with Crippen LogP contribution in [0, 0.1) is 5.92 Å². The summed E-state index contributed by atoms with van der Waals surface area (Å²) in [5, 5.41) is 12.0. The molecule has 2 heterocycles. The van der Waals surface area contributed by atoms with Crippen molar-refractivity contribution in [3.05, 3.63) is 46.6 Å². The van der Waals surface area contributed by atoms with Crippen LogP contribution in [-0.4, -0.2) is 37.9 Å². The Labute approximate surface area is 200 Å². The van der Waals surface area contributed by atoms with Crippen molar-refractivity contribution in [1.29, 1.82) is 0 Å². The van der Waals surface area contributed by atoms with Crippen LogP contribution in [0.4, 0.5) is 4.79 Å². The molecule has 0 saturated heterocycles. The van der Waals surface area contributed by atoms with Crippen molar-refractivity contribution in [2.45, 2.75) is 73.1 Å². The molecule has 0 bridgehead atoms. The fourth-order valence-electron chi connectivity index (χ4n) is 3.62. The molecule has 1 amide bonds. The Kier molecular flexibility index (Phi) is 7.96. The minimum absolute atomic E-state index is 0.0990. The number of pyridine rings is 1. The van der Waals surface area contributed by atoms with E-state index in [1.807, 2.05) is 46.8 Å². The van der Waals surface area contributed by atoms with Gasteiger partial charge in [-0.05, 0) is 51.3 Å². The largest absolute Gasteiger partial charge is 0.491 e. The summed E-state index contributed by atoms with van der Waals surface area (Å²) in [7, 11) is 0. The van der Waals surface area contributed by atoms with Crippen LogP contribution in [0.3, 0.4) is 0 Å². The molecule has 0 atom stereocenters. The third kappa shape index (κ3) is 6.15. The lowest BCUT2D eigenvalue weighted by molar-refractivity contribution is 0.0521. The van der Waals surface area contributed by atoms with Gasteiger partial charge in [-0.1, -0.05) is 32.4 Å². The Bertz CT molecular complexity index is 1180. The molecule has 9 nitrogen and oxygen atoms in total. The second-order valence-corrected chi connectivity index (χ2v) is 9.72. The van der Waals surface area contributed by atoms with Crippen LogP contribution >= 0.6 is 0 Å². The third-order valence-electron chi connectivity index (χ3n) is 5.09. The van der Waals surface area contributed by atoms with Crippen molar-refractivity contribution in [1.82, 2.24) is 24.9 Å². The number of aromatic nitrogens is 4. The molecule has 1 aromatic carbocycles. The molecule has 0 aliphatic heterocycles. The summed E-state index contributed by atoms with van der Waals surface area (Å²) in [4.78, 5) is 26.0. The first kappa shape index (κ1) is 25.3. The molecule has 0 radical (unpaired) electrons. The number of benzene rings is 1. The Balaban J connectivity index is 2.17. The van der Waals surface area contributed by atoms with Gasteiger partial charge in [-0.25, -0.2) is 9.48 Å². The zero-order valence-electron chi connectivity index (χ0n) is 20.9. The van der Waals surface area contributed by atoms with E-state index >= 15 is 0 Å². The van der Waals surface area contributed by atoms with Gasteiger partial charge < -0.3 is 19.4 Å². The average molecular weight is 470 g/mol. The fraction of sp³-hybridized carbons (Fsp3) is 0.520. The van der Waals surface area contributed by atoms with Gasteiger partial charge >= 0.3 is 6.09 Å². The first-order valence-electron chi connectivity index (χ1n) is 11.8. The quantitative estimate of drug-likeness (QED) is 0.465. The lowest BCUT2D eigenvalue weighted by atomic mass is 10.1. The van der Waals surface area contributed by atoms with E-state index in [0.717, 1.165) is 18.5 Å². The molecule has 3 aromatic rings. The summed E-state index contributed by atoms with van der Waals surface area (Å²) < 4.78 is 15.0. The summed E-state index contributed by atoms with van der Waals surface area (Å²) in [6.07, 6.45) is 4.63. The second-order valence-electron chi connectivity index (χ2n) is 9.72. The van der Waals surface area contributed by atoms with Crippen LogP contribution in [0.25, 0.3) is 16.5 Å². The first-order chi connectivity index (χ1) is 16.1. The molecule has 0 aliphatic carbocycles. The normalized spacial score (nSPS) is 11.7. The first-order valence-corrected chi connectivity index (χ1v) is 11.8. The molecular formula is C25H35N5O4. The second kappa shape index (κ2) is 10.7. The Morgan fingerprint density at radius 1 is 1.21 bits per heavy atom. The van der Waals surface area contributed by atoms with Crippen LogP contribution in [0.15, 0.2) is 35.4 Å². The summed E-state index contributed by atoms with van der Waals surface area (Å²) in [6, 6.07) is 5.51. The van der Waals surface area contributed by atoms with Crippen LogP contribution in [0.1, 0.15) is 60.1 Å². The summed E-state index contributed by atoms with van der Waals surface area (Å²) in [5.74, 6) is 0.801. The van der Waals surface area contributed by atoms with Crippen LogP contribution in [-0.2, 0) is 17.8 Å². The van der Waals surface area contributed by atoms with Gasteiger partial charge in [0.05, 0.1) is 42.3 Å². The van der Waals surface area contributed by atoms with Crippen molar-refractivity contribution in [2.75, 3.05) is 6.61 Å². The molecule has 0 aliphatic rings. The number of carbonyl (C=O) groups excluding carboxylic acids is 1. The molecule has 34 heavy (non-hydrogen) atoms. The molecular weight excluding hydrogens is 434 g/mol. The Hall–Kier alpha value is -3.36. The minimum Gasteiger partial charge on any atom is -0.491 e. The number of carbonyl (C=O) groups is 1. The van der Waals surface area contributed by atoms with Gasteiger partial charge in [0.2, 0.25) is 0 Å².